The molecule has 0 radical (unpaired) electrons. The Morgan fingerprint density at radius 1 is 1.38 bits per heavy atom. The molecule has 16 heavy (non-hydrogen) atoms. The zero-order chi connectivity index (χ0) is 11.7. The van der Waals surface area contributed by atoms with Crippen molar-refractivity contribution in [2.75, 3.05) is 18.5 Å². The van der Waals surface area contributed by atoms with Crippen LogP contribution in [0.2, 0.25) is 0 Å². The van der Waals surface area contributed by atoms with Crippen LogP contribution >= 0.6 is 0 Å². The third kappa shape index (κ3) is 1.71. The number of fused-ring (bicyclic) bond motifs is 1. The quantitative estimate of drug-likeness (QED) is 0.799. The summed E-state index contributed by atoms with van der Waals surface area (Å²) in [4.78, 5) is 13.7. The third-order valence-corrected chi connectivity index (χ3v) is 2.54. The maximum absolute atomic E-state index is 11.7. The normalized spacial score (nSPS) is 10.9. The van der Waals surface area contributed by atoms with Gasteiger partial charge < -0.3 is 13.7 Å². The topological polar surface area (TPSA) is 46.6 Å². The number of nitrogens with zero attached hydrogens (tertiary/aromatic N) is 1. The molecule has 0 aromatic carbocycles. The Bertz CT molecular complexity index is 553. The van der Waals surface area contributed by atoms with E-state index in [1.165, 1.54) is 6.07 Å². The number of anilines is 1. The zero-order valence-electron chi connectivity index (χ0n) is 9.74. The number of aryl methyl sites for hydroxylation is 1. The first-order valence-corrected chi connectivity index (χ1v) is 5.36. The Labute approximate surface area is 93.5 Å². The van der Waals surface area contributed by atoms with E-state index >= 15 is 0 Å². The van der Waals surface area contributed by atoms with Crippen LogP contribution in [0.25, 0.3) is 11.2 Å². The summed E-state index contributed by atoms with van der Waals surface area (Å²) < 4.78 is 10.8. The average Bonchev–Trinajstić information content (AvgIpc) is 2.61. The van der Waals surface area contributed by atoms with Crippen molar-refractivity contribution in [1.82, 2.24) is 0 Å². The number of furan rings is 1. The molecule has 4 nitrogen and oxygen atoms in total. The van der Waals surface area contributed by atoms with E-state index < -0.39 is 0 Å². The smallest absolute Gasteiger partial charge is 0.230 e. The van der Waals surface area contributed by atoms with Crippen molar-refractivity contribution in [2.45, 2.75) is 20.3 Å². The van der Waals surface area contributed by atoms with Gasteiger partial charge in [-0.15, -0.1) is 0 Å². The summed E-state index contributed by atoms with van der Waals surface area (Å²) >= 11 is 0. The SMILES string of the molecule is CCCN(C)c1cc(=O)c2occ(C)c2o1. The molecule has 0 amide bonds. The molecule has 86 valence electrons. The third-order valence-electron chi connectivity index (χ3n) is 2.54. The van der Waals surface area contributed by atoms with Crippen molar-refractivity contribution in [3.8, 4) is 0 Å². The fourth-order valence-corrected chi connectivity index (χ4v) is 1.68. The summed E-state index contributed by atoms with van der Waals surface area (Å²) in [7, 11) is 1.91. The Morgan fingerprint density at radius 3 is 2.81 bits per heavy atom. The van der Waals surface area contributed by atoms with Gasteiger partial charge in [0.2, 0.25) is 11.0 Å². The molecule has 2 rings (SSSR count). The second kappa shape index (κ2) is 4.04. The number of rotatable bonds is 3. The largest absolute Gasteiger partial charge is 0.456 e. The van der Waals surface area contributed by atoms with E-state index in [0.717, 1.165) is 18.5 Å². The minimum absolute atomic E-state index is 0.132. The summed E-state index contributed by atoms with van der Waals surface area (Å²) in [6, 6.07) is 1.47. The summed E-state index contributed by atoms with van der Waals surface area (Å²) in [6.45, 7) is 4.79. The minimum atomic E-state index is -0.132. The summed E-state index contributed by atoms with van der Waals surface area (Å²) in [5, 5.41) is 0. The molecule has 0 spiro atoms. The molecule has 0 unspecified atom stereocenters. The second-order valence-corrected chi connectivity index (χ2v) is 3.95. The highest BCUT2D eigenvalue weighted by Gasteiger charge is 2.12. The molecule has 0 aliphatic carbocycles. The Balaban J connectivity index is 2.56. The van der Waals surface area contributed by atoms with E-state index in [0.29, 0.717) is 17.1 Å². The van der Waals surface area contributed by atoms with E-state index in [-0.39, 0.29) is 5.43 Å². The van der Waals surface area contributed by atoms with Gasteiger partial charge in [-0.25, -0.2) is 0 Å². The zero-order valence-corrected chi connectivity index (χ0v) is 9.74. The minimum Gasteiger partial charge on any atom is -0.456 e. The van der Waals surface area contributed by atoms with Crippen LogP contribution in [0.1, 0.15) is 18.9 Å². The maximum atomic E-state index is 11.7. The lowest BCUT2D eigenvalue weighted by Crippen LogP contribution is -2.19. The lowest BCUT2D eigenvalue weighted by molar-refractivity contribution is 0.567. The van der Waals surface area contributed by atoms with Gasteiger partial charge in [0.25, 0.3) is 0 Å². The van der Waals surface area contributed by atoms with Crippen LogP contribution in [0.4, 0.5) is 5.88 Å². The summed E-state index contributed by atoms with van der Waals surface area (Å²) in [5.74, 6) is 0.587. The van der Waals surface area contributed by atoms with Crippen LogP contribution in [0.15, 0.2) is 26.0 Å². The van der Waals surface area contributed by atoms with E-state index in [9.17, 15) is 4.79 Å². The first-order valence-electron chi connectivity index (χ1n) is 5.36. The standard InChI is InChI=1S/C12H15NO3/c1-4-5-13(3)10-6-9(14)12-11(16-10)8(2)7-15-12/h6-7H,4-5H2,1-3H3. The molecule has 0 N–H and O–H groups in total. The predicted octanol–water partition coefficient (Wildman–Crippen LogP) is 2.54. The lowest BCUT2D eigenvalue weighted by atomic mass is 10.3. The van der Waals surface area contributed by atoms with Gasteiger partial charge in [0, 0.05) is 19.2 Å². The van der Waals surface area contributed by atoms with E-state index in [1.807, 2.05) is 18.9 Å². The fourth-order valence-electron chi connectivity index (χ4n) is 1.68. The highest BCUT2D eigenvalue weighted by atomic mass is 16.4. The van der Waals surface area contributed by atoms with Crippen LogP contribution in [0.5, 0.6) is 0 Å². The molecule has 0 atom stereocenters. The van der Waals surface area contributed by atoms with Crippen molar-refractivity contribution in [2.24, 2.45) is 0 Å². The van der Waals surface area contributed by atoms with E-state index in [1.54, 1.807) is 6.26 Å². The van der Waals surface area contributed by atoms with Gasteiger partial charge in [-0.2, -0.15) is 0 Å². The van der Waals surface area contributed by atoms with Crippen LogP contribution in [-0.4, -0.2) is 13.6 Å². The molecular weight excluding hydrogens is 206 g/mol. The molecule has 0 bridgehead atoms. The van der Waals surface area contributed by atoms with Crippen LogP contribution in [0, 0.1) is 6.92 Å². The van der Waals surface area contributed by atoms with Crippen molar-refractivity contribution in [3.05, 3.63) is 28.1 Å². The monoisotopic (exact) mass is 221 g/mol. The van der Waals surface area contributed by atoms with Crippen molar-refractivity contribution in [3.63, 3.8) is 0 Å². The van der Waals surface area contributed by atoms with Gasteiger partial charge in [0.1, 0.15) is 0 Å². The molecule has 0 fully saturated rings. The first-order chi connectivity index (χ1) is 7.63. The highest BCUT2D eigenvalue weighted by molar-refractivity contribution is 5.75. The highest BCUT2D eigenvalue weighted by Crippen LogP contribution is 2.22. The molecule has 0 saturated carbocycles. The molecule has 0 aliphatic rings. The molecule has 0 aliphatic heterocycles. The number of hydrogen-bond donors (Lipinski definition) is 0. The Kier molecular flexibility index (Phi) is 2.73. The van der Waals surface area contributed by atoms with E-state index in [4.69, 9.17) is 8.83 Å². The van der Waals surface area contributed by atoms with Crippen LogP contribution in [-0.2, 0) is 0 Å². The summed E-state index contributed by atoms with van der Waals surface area (Å²) in [6.07, 6.45) is 2.54. The van der Waals surface area contributed by atoms with Gasteiger partial charge in [-0.3, -0.25) is 4.79 Å². The van der Waals surface area contributed by atoms with Crippen molar-refractivity contribution in [1.29, 1.82) is 0 Å². The average molecular weight is 221 g/mol. The number of hydrogen-bond acceptors (Lipinski definition) is 4. The van der Waals surface area contributed by atoms with Gasteiger partial charge in [-0.05, 0) is 13.3 Å². The molecule has 2 heterocycles. The van der Waals surface area contributed by atoms with Crippen LogP contribution in [0.3, 0.4) is 0 Å². The fraction of sp³-hybridized carbons (Fsp3) is 0.417. The summed E-state index contributed by atoms with van der Waals surface area (Å²) in [5.41, 5.74) is 1.56. The molecule has 4 heteroatoms. The molecule has 0 saturated heterocycles. The van der Waals surface area contributed by atoms with Gasteiger partial charge >= 0.3 is 0 Å². The maximum Gasteiger partial charge on any atom is 0.230 e. The van der Waals surface area contributed by atoms with Crippen molar-refractivity contribution < 1.29 is 8.83 Å². The van der Waals surface area contributed by atoms with Gasteiger partial charge in [0.15, 0.2) is 11.5 Å². The Morgan fingerprint density at radius 2 is 2.12 bits per heavy atom. The van der Waals surface area contributed by atoms with E-state index in [2.05, 4.69) is 6.92 Å². The van der Waals surface area contributed by atoms with Gasteiger partial charge in [-0.1, -0.05) is 6.92 Å². The molecular formula is C12H15NO3. The van der Waals surface area contributed by atoms with Crippen LogP contribution < -0.4 is 10.3 Å². The lowest BCUT2D eigenvalue weighted by Gasteiger charge is -2.15. The Hall–Kier alpha value is -1.71. The van der Waals surface area contributed by atoms with Crippen molar-refractivity contribution >= 4 is 17.1 Å². The molecule has 2 aromatic rings. The molecule has 2 aromatic heterocycles. The second-order valence-electron chi connectivity index (χ2n) is 3.95. The predicted molar refractivity (Wildman–Crippen MR) is 63.0 cm³/mol. The van der Waals surface area contributed by atoms with Gasteiger partial charge in [0.05, 0.1) is 12.3 Å². The first kappa shape index (κ1) is 10.8.